The largest absolute Gasteiger partial charge is 0.102 e. The SMILES string of the molecule is C=CC(C=C)CCc1ccccc1. The standard InChI is InChI=1S/C13H16/c1-3-12(4-2)10-11-13-8-6-5-7-9-13/h3-9,12H,1-2,10-11H2. The van der Waals surface area contributed by atoms with Crippen LogP contribution >= 0.6 is 0 Å². The number of rotatable bonds is 5. The molecule has 0 aromatic heterocycles. The van der Waals surface area contributed by atoms with Crippen LogP contribution in [-0.4, -0.2) is 0 Å². The maximum Gasteiger partial charge on any atom is -0.00557 e. The van der Waals surface area contributed by atoms with Crippen molar-refractivity contribution < 1.29 is 0 Å². The molecule has 0 nitrogen and oxygen atoms in total. The second kappa shape index (κ2) is 5.36. The maximum atomic E-state index is 3.77. The molecule has 0 atom stereocenters. The molecule has 1 aromatic rings. The molecule has 68 valence electrons. The molecule has 0 bridgehead atoms. The Morgan fingerprint density at radius 2 is 1.69 bits per heavy atom. The van der Waals surface area contributed by atoms with Crippen LogP contribution in [0.3, 0.4) is 0 Å². The zero-order valence-corrected chi connectivity index (χ0v) is 7.95. The lowest BCUT2D eigenvalue weighted by Crippen LogP contribution is -1.94. The van der Waals surface area contributed by atoms with E-state index < -0.39 is 0 Å². The van der Waals surface area contributed by atoms with Crippen molar-refractivity contribution in [3.05, 3.63) is 61.2 Å². The molecule has 0 amide bonds. The first-order valence-corrected chi connectivity index (χ1v) is 4.66. The third-order valence-electron chi connectivity index (χ3n) is 2.21. The summed E-state index contributed by atoms with van der Waals surface area (Å²) in [7, 11) is 0. The summed E-state index contributed by atoms with van der Waals surface area (Å²) in [6.45, 7) is 7.55. The lowest BCUT2D eigenvalue weighted by molar-refractivity contribution is 0.711. The molecule has 1 aromatic carbocycles. The summed E-state index contributed by atoms with van der Waals surface area (Å²) in [5, 5.41) is 0. The summed E-state index contributed by atoms with van der Waals surface area (Å²) in [4.78, 5) is 0. The Morgan fingerprint density at radius 1 is 1.08 bits per heavy atom. The smallest absolute Gasteiger partial charge is 0.00557 e. The molecule has 0 N–H and O–H groups in total. The molecule has 0 spiro atoms. The summed E-state index contributed by atoms with van der Waals surface area (Å²) >= 11 is 0. The fourth-order valence-electron chi connectivity index (χ4n) is 1.31. The van der Waals surface area contributed by atoms with Gasteiger partial charge in [-0.15, -0.1) is 13.2 Å². The van der Waals surface area contributed by atoms with E-state index in [-0.39, 0.29) is 0 Å². The van der Waals surface area contributed by atoms with Crippen molar-refractivity contribution in [2.45, 2.75) is 12.8 Å². The molecule has 0 heterocycles. The van der Waals surface area contributed by atoms with Gasteiger partial charge in [-0.3, -0.25) is 0 Å². The van der Waals surface area contributed by atoms with Crippen molar-refractivity contribution >= 4 is 0 Å². The second-order valence-corrected chi connectivity index (χ2v) is 3.16. The van der Waals surface area contributed by atoms with Gasteiger partial charge in [-0.2, -0.15) is 0 Å². The monoisotopic (exact) mass is 172 g/mol. The van der Waals surface area contributed by atoms with E-state index in [1.54, 1.807) is 0 Å². The minimum absolute atomic E-state index is 0.445. The van der Waals surface area contributed by atoms with Gasteiger partial charge in [0.15, 0.2) is 0 Å². The lowest BCUT2D eigenvalue weighted by Gasteiger charge is -2.05. The summed E-state index contributed by atoms with van der Waals surface area (Å²) < 4.78 is 0. The molecule has 0 unspecified atom stereocenters. The van der Waals surface area contributed by atoms with Crippen LogP contribution in [0.25, 0.3) is 0 Å². The summed E-state index contributed by atoms with van der Waals surface area (Å²) in [5.41, 5.74) is 1.39. The molecule has 0 aliphatic carbocycles. The molecule has 0 fully saturated rings. The van der Waals surface area contributed by atoms with Crippen LogP contribution in [0.5, 0.6) is 0 Å². The van der Waals surface area contributed by atoms with Crippen LogP contribution in [0.4, 0.5) is 0 Å². The zero-order valence-electron chi connectivity index (χ0n) is 7.95. The Labute approximate surface area is 80.6 Å². The summed E-state index contributed by atoms with van der Waals surface area (Å²) in [6, 6.07) is 10.5. The van der Waals surface area contributed by atoms with Gasteiger partial charge in [0, 0.05) is 0 Å². The average Bonchev–Trinajstić information content (AvgIpc) is 2.21. The third kappa shape index (κ3) is 3.29. The summed E-state index contributed by atoms with van der Waals surface area (Å²) in [5.74, 6) is 0.445. The minimum Gasteiger partial charge on any atom is -0.102 e. The van der Waals surface area contributed by atoms with E-state index in [4.69, 9.17) is 0 Å². The van der Waals surface area contributed by atoms with Crippen LogP contribution in [-0.2, 0) is 6.42 Å². The van der Waals surface area contributed by atoms with Crippen molar-refractivity contribution in [1.82, 2.24) is 0 Å². The Balaban J connectivity index is 2.42. The Morgan fingerprint density at radius 3 is 2.23 bits per heavy atom. The zero-order chi connectivity index (χ0) is 9.52. The van der Waals surface area contributed by atoms with Gasteiger partial charge >= 0.3 is 0 Å². The van der Waals surface area contributed by atoms with E-state index >= 15 is 0 Å². The normalized spacial score (nSPS) is 9.92. The van der Waals surface area contributed by atoms with Crippen LogP contribution < -0.4 is 0 Å². The molecular weight excluding hydrogens is 156 g/mol. The number of hydrogen-bond donors (Lipinski definition) is 0. The van der Waals surface area contributed by atoms with Crippen molar-refractivity contribution in [2.75, 3.05) is 0 Å². The number of aryl methyl sites for hydroxylation is 1. The highest BCUT2D eigenvalue weighted by molar-refractivity contribution is 5.15. The average molecular weight is 172 g/mol. The van der Waals surface area contributed by atoms with Crippen LogP contribution in [0.15, 0.2) is 55.6 Å². The van der Waals surface area contributed by atoms with Gasteiger partial charge in [0.05, 0.1) is 0 Å². The fourth-order valence-corrected chi connectivity index (χ4v) is 1.31. The Bertz CT molecular complexity index is 251. The van der Waals surface area contributed by atoms with Gasteiger partial charge in [0.2, 0.25) is 0 Å². The minimum atomic E-state index is 0.445. The quantitative estimate of drug-likeness (QED) is 0.595. The number of hydrogen-bond acceptors (Lipinski definition) is 0. The van der Waals surface area contributed by atoms with Crippen LogP contribution in [0.2, 0.25) is 0 Å². The molecule has 13 heavy (non-hydrogen) atoms. The fraction of sp³-hybridized carbons (Fsp3) is 0.231. The number of allylic oxidation sites excluding steroid dienone is 2. The second-order valence-electron chi connectivity index (χ2n) is 3.16. The highest BCUT2D eigenvalue weighted by atomic mass is 14.0. The van der Waals surface area contributed by atoms with Gasteiger partial charge in [-0.1, -0.05) is 42.5 Å². The van der Waals surface area contributed by atoms with E-state index in [1.807, 2.05) is 18.2 Å². The molecule has 0 aliphatic rings. The van der Waals surface area contributed by atoms with Crippen LogP contribution in [0.1, 0.15) is 12.0 Å². The van der Waals surface area contributed by atoms with Crippen molar-refractivity contribution in [3.63, 3.8) is 0 Å². The predicted octanol–water partition coefficient (Wildman–Crippen LogP) is 3.61. The van der Waals surface area contributed by atoms with Crippen LogP contribution in [0, 0.1) is 5.92 Å². The number of benzene rings is 1. The first-order valence-electron chi connectivity index (χ1n) is 4.66. The first kappa shape index (κ1) is 9.79. The topological polar surface area (TPSA) is 0 Å². The van der Waals surface area contributed by atoms with Crippen molar-refractivity contribution in [3.8, 4) is 0 Å². The van der Waals surface area contributed by atoms with E-state index in [9.17, 15) is 0 Å². The van der Waals surface area contributed by atoms with Crippen molar-refractivity contribution in [2.24, 2.45) is 5.92 Å². The first-order chi connectivity index (χ1) is 6.36. The van der Waals surface area contributed by atoms with E-state index in [0.717, 1.165) is 12.8 Å². The molecule has 1 rings (SSSR count). The van der Waals surface area contributed by atoms with E-state index in [1.165, 1.54) is 5.56 Å². The Hall–Kier alpha value is -1.30. The Kier molecular flexibility index (Phi) is 4.04. The third-order valence-corrected chi connectivity index (χ3v) is 2.21. The van der Waals surface area contributed by atoms with Crippen molar-refractivity contribution in [1.29, 1.82) is 0 Å². The van der Waals surface area contributed by atoms with Gasteiger partial charge in [0.25, 0.3) is 0 Å². The van der Waals surface area contributed by atoms with Gasteiger partial charge in [-0.25, -0.2) is 0 Å². The molecule has 0 saturated heterocycles. The predicted molar refractivity (Wildman–Crippen MR) is 58.6 cm³/mol. The molecule has 0 saturated carbocycles. The lowest BCUT2D eigenvalue weighted by atomic mass is 10.00. The molecular formula is C13H16. The van der Waals surface area contributed by atoms with E-state index in [0.29, 0.717) is 5.92 Å². The van der Waals surface area contributed by atoms with E-state index in [2.05, 4.69) is 37.4 Å². The molecule has 0 heteroatoms. The highest BCUT2D eigenvalue weighted by Crippen LogP contribution is 2.11. The highest BCUT2D eigenvalue weighted by Gasteiger charge is 1.98. The van der Waals surface area contributed by atoms with Gasteiger partial charge < -0.3 is 0 Å². The molecule has 0 radical (unpaired) electrons. The van der Waals surface area contributed by atoms with Gasteiger partial charge in [0.1, 0.15) is 0 Å². The van der Waals surface area contributed by atoms with Gasteiger partial charge in [-0.05, 0) is 24.3 Å². The molecule has 0 aliphatic heterocycles. The summed E-state index contributed by atoms with van der Waals surface area (Å²) in [6.07, 6.45) is 6.12. The maximum absolute atomic E-state index is 3.77.